The van der Waals surface area contributed by atoms with Gasteiger partial charge in [0.05, 0.1) is 6.61 Å². The first-order valence-electron chi connectivity index (χ1n) is 9.12. The maximum absolute atomic E-state index is 11.3. The second-order valence-corrected chi connectivity index (χ2v) is 6.76. The Bertz CT molecular complexity index is 907. The number of hydrogen-bond donors (Lipinski definition) is 6. The van der Waals surface area contributed by atoms with E-state index in [1.165, 1.54) is 6.07 Å². The summed E-state index contributed by atoms with van der Waals surface area (Å²) in [5, 5.41) is 57.8. The first kappa shape index (κ1) is 21.8. The fourth-order valence-corrected chi connectivity index (χ4v) is 3.07. The van der Waals surface area contributed by atoms with Crippen LogP contribution in [-0.2, 0) is 4.74 Å². The second kappa shape index (κ2) is 9.24. The van der Waals surface area contributed by atoms with Gasteiger partial charge >= 0.3 is 5.97 Å². The van der Waals surface area contributed by atoms with Gasteiger partial charge < -0.3 is 40.1 Å². The quantitative estimate of drug-likeness (QED) is 0.366. The Morgan fingerprint density at radius 2 is 1.70 bits per heavy atom. The van der Waals surface area contributed by atoms with E-state index < -0.39 is 43.3 Å². The highest BCUT2D eigenvalue weighted by molar-refractivity contribution is 5.96. The second-order valence-electron chi connectivity index (χ2n) is 6.76. The third-order valence-corrected chi connectivity index (χ3v) is 4.72. The molecular weight excluding hydrogens is 396 g/mol. The zero-order chi connectivity index (χ0) is 21.8. The molecule has 0 amide bonds. The number of benzene rings is 2. The Kier molecular flexibility index (Phi) is 6.70. The number of aromatic carboxylic acids is 1. The van der Waals surface area contributed by atoms with E-state index in [-0.39, 0.29) is 11.3 Å². The zero-order valence-corrected chi connectivity index (χ0v) is 15.7. The lowest BCUT2D eigenvalue weighted by Crippen LogP contribution is -2.60. The standard InChI is InChI=1S/C21H22O9/c22-10-15-17(24)18(25)19(26)21(30-15)29-13-8-5-11(6-9-13)4-7-12-2-1-3-14(23)16(12)20(27)28/h1-9,15,17-19,21-26H,10H2,(H,27,28). The van der Waals surface area contributed by atoms with E-state index in [1.54, 1.807) is 48.6 Å². The van der Waals surface area contributed by atoms with Crippen LogP contribution < -0.4 is 4.74 Å². The number of aliphatic hydroxyl groups excluding tert-OH is 4. The third kappa shape index (κ3) is 4.61. The molecule has 9 nitrogen and oxygen atoms in total. The third-order valence-electron chi connectivity index (χ3n) is 4.72. The smallest absolute Gasteiger partial charge is 0.340 e. The number of ether oxygens (including phenoxy) is 2. The van der Waals surface area contributed by atoms with Gasteiger partial charge in [-0.05, 0) is 29.3 Å². The van der Waals surface area contributed by atoms with E-state index in [0.29, 0.717) is 16.9 Å². The van der Waals surface area contributed by atoms with Crippen molar-refractivity contribution < 1.29 is 44.9 Å². The van der Waals surface area contributed by atoms with Crippen LogP contribution >= 0.6 is 0 Å². The van der Waals surface area contributed by atoms with Crippen molar-refractivity contribution in [2.75, 3.05) is 6.61 Å². The Labute approximate surface area is 171 Å². The minimum Gasteiger partial charge on any atom is -0.507 e. The van der Waals surface area contributed by atoms with Crippen molar-refractivity contribution in [1.82, 2.24) is 0 Å². The Hall–Kier alpha value is -2.95. The Morgan fingerprint density at radius 3 is 2.33 bits per heavy atom. The lowest BCUT2D eigenvalue weighted by atomic mass is 9.99. The van der Waals surface area contributed by atoms with Gasteiger partial charge in [-0.3, -0.25) is 0 Å². The fraction of sp³-hybridized carbons (Fsp3) is 0.286. The normalized spacial score (nSPS) is 26.6. The Balaban J connectivity index is 1.71. The minimum absolute atomic E-state index is 0.198. The average Bonchev–Trinajstić information content (AvgIpc) is 2.73. The van der Waals surface area contributed by atoms with Gasteiger partial charge in [-0.1, -0.05) is 36.4 Å². The molecule has 6 N–H and O–H groups in total. The molecule has 2 aromatic rings. The number of carboxylic acids is 1. The lowest BCUT2D eigenvalue weighted by molar-refractivity contribution is -0.277. The van der Waals surface area contributed by atoms with Gasteiger partial charge in [-0.2, -0.15) is 0 Å². The van der Waals surface area contributed by atoms with E-state index in [4.69, 9.17) is 9.47 Å². The number of hydrogen-bond acceptors (Lipinski definition) is 8. The van der Waals surface area contributed by atoms with E-state index in [9.17, 15) is 35.4 Å². The van der Waals surface area contributed by atoms with Crippen LogP contribution in [0.5, 0.6) is 11.5 Å². The molecule has 3 rings (SSSR count). The SMILES string of the molecule is O=C(O)c1c(O)cccc1C=Cc1ccc(OC2OC(CO)C(O)C(O)C2O)cc1. The molecule has 0 aliphatic carbocycles. The fourth-order valence-electron chi connectivity index (χ4n) is 3.07. The molecule has 0 saturated carbocycles. The summed E-state index contributed by atoms with van der Waals surface area (Å²) >= 11 is 0. The molecule has 0 spiro atoms. The van der Waals surface area contributed by atoms with Gasteiger partial charge in [0.2, 0.25) is 6.29 Å². The van der Waals surface area contributed by atoms with Crippen molar-refractivity contribution >= 4 is 18.1 Å². The highest BCUT2D eigenvalue weighted by atomic mass is 16.7. The van der Waals surface area contributed by atoms with Crippen LogP contribution in [0.25, 0.3) is 12.2 Å². The van der Waals surface area contributed by atoms with Crippen LogP contribution in [0.1, 0.15) is 21.5 Å². The molecule has 1 aliphatic rings. The summed E-state index contributed by atoms with van der Waals surface area (Å²) in [6.45, 7) is -0.554. The summed E-state index contributed by atoms with van der Waals surface area (Å²) in [7, 11) is 0. The van der Waals surface area contributed by atoms with Gasteiger partial charge in [0.25, 0.3) is 0 Å². The molecule has 0 aromatic heterocycles. The van der Waals surface area contributed by atoms with Crippen LogP contribution in [0.4, 0.5) is 0 Å². The summed E-state index contributed by atoms with van der Waals surface area (Å²) in [5.74, 6) is -1.26. The van der Waals surface area contributed by atoms with Crippen molar-refractivity contribution in [3.05, 3.63) is 59.2 Å². The number of aromatic hydroxyl groups is 1. The number of rotatable bonds is 6. The number of carbonyl (C=O) groups is 1. The zero-order valence-electron chi connectivity index (χ0n) is 15.7. The highest BCUT2D eigenvalue weighted by Gasteiger charge is 2.44. The topological polar surface area (TPSA) is 157 Å². The van der Waals surface area contributed by atoms with Crippen molar-refractivity contribution in [3.8, 4) is 11.5 Å². The van der Waals surface area contributed by atoms with Gasteiger partial charge in [-0.25, -0.2) is 4.79 Å². The summed E-state index contributed by atoms with van der Waals surface area (Å²) in [6, 6.07) is 10.9. The van der Waals surface area contributed by atoms with Gasteiger partial charge in [0.1, 0.15) is 41.5 Å². The molecule has 1 aliphatic heterocycles. The molecule has 5 atom stereocenters. The summed E-state index contributed by atoms with van der Waals surface area (Å²) in [5.41, 5.74) is 0.844. The number of carboxylic acid groups (broad SMARTS) is 1. The monoisotopic (exact) mass is 418 g/mol. The summed E-state index contributed by atoms with van der Waals surface area (Å²) < 4.78 is 10.8. The van der Waals surface area contributed by atoms with Crippen molar-refractivity contribution in [1.29, 1.82) is 0 Å². The van der Waals surface area contributed by atoms with E-state index in [2.05, 4.69) is 0 Å². The summed E-state index contributed by atoms with van der Waals surface area (Å²) in [4.78, 5) is 11.3. The molecule has 9 heteroatoms. The van der Waals surface area contributed by atoms with Crippen LogP contribution in [0.3, 0.4) is 0 Å². The highest BCUT2D eigenvalue weighted by Crippen LogP contribution is 2.26. The first-order valence-corrected chi connectivity index (χ1v) is 9.12. The predicted molar refractivity (Wildman–Crippen MR) is 105 cm³/mol. The van der Waals surface area contributed by atoms with Crippen molar-refractivity contribution in [2.45, 2.75) is 30.7 Å². The summed E-state index contributed by atoms with van der Waals surface area (Å²) in [6.07, 6.45) is -3.66. The molecule has 0 radical (unpaired) electrons. The van der Waals surface area contributed by atoms with E-state index in [0.717, 1.165) is 0 Å². The van der Waals surface area contributed by atoms with Crippen molar-refractivity contribution in [3.63, 3.8) is 0 Å². The van der Waals surface area contributed by atoms with Crippen LogP contribution in [0.15, 0.2) is 42.5 Å². The molecular formula is C21H22O9. The number of phenols is 1. The van der Waals surface area contributed by atoms with Gasteiger partial charge in [0, 0.05) is 0 Å². The maximum Gasteiger partial charge on any atom is 0.340 e. The largest absolute Gasteiger partial charge is 0.507 e. The van der Waals surface area contributed by atoms with E-state index >= 15 is 0 Å². The average molecular weight is 418 g/mol. The van der Waals surface area contributed by atoms with Crippen molar-refractivity contribution in [2.24, 2.45) is 0 Å². The molecule has 1 fully saturated rings. The Morgan fingerprint density at radius 1 is 1.00 bits per heavy atom. The predicted octanol–water partition coefficient (Wildman–Crippen LogP) is 0.439. The molecule has 1 saturated heterocycles. The van der Waals surface area contributed by atoms with Gasteiger partial charge in [-0.15, -0.1) is 0 Å². The van der Waals surface area contributed by atoms with Crippen LogP contribution in [0, 0.1) is 0 Å². The molecule has 30 heavy (non-hydrogen) atoms. The molecule has 1 heterocycles. The molecule has 160 valence electrons. The minimum atomic E-state index is -1.53. The molecule has 2 aromatic carbocycles. The lowest BCUT2D eigenvalue weighted by Gasteiger charge is -2.39. The van der Waals surface area contributed by atoms with Crippen LogP contribution in [0.2, 0.25) is 0 Å². The first-order chi connectivity index (χ1) is 14.3. The number of aliphatic hydroxyl groups is 4. The van der Waals surface area contributed by atoms with Gasteiger partial charge in [0.15, 0.2) is 0 Å². The molecule has 0 bridgehead atoms. The van der Waals surface area contributed by atoms with E-state index in [1.807, 2.05) is 0 Å². The maximum atomic E-state index is 11.3. The molecule has 5 unspecified atom stereocenters. The van der Waals surface area contributed by atoms with Crippen LogP contribution in [-0.4, -0.2) is 73.9 Å².